The molecule has 0 saturated carbocycles. The minimum Gasteiger partial charge on any atom is -1.00 e. The highest BCUT2D eigenvalue weighted by Gasteiger charge is 2.15. The van der Waals surface area contributed by atoms with Crippen molar-refractivity contribution in [3.8, 4) is 5.75 Å². The van der Waals surface area contributed by atoms with E-state index in [4.69, 9.17) is 10.5 Å². The van der Waals surface area contributed by atoms with Crippen LogP contribution in [0.15, 0.2) is 53.0 Å². The molecule has 0 unspecified atom stereocenters. The third kappa shape index (κ3) is 7.38. The Kier molecular flexibility index (Phi) is 8.09. The van der Waals surface area contributed by atoms with Gasteiger partial charge >= 0.3 is 0 Å². The molecule has 0 heterocycles. The highest BCUT2D eigenvalue weighted by atomic mass is 79.9. The molecule has 126 valence electrons. The molecule has 0 aliphatic rings. The molecule has 3 nitrogen and oxygen atoms in total. The van der Waals surface area contributed by atoms with Gasteiger partial charge < -0.3 is 31.9 Å². The molecule has 0 fully saturated rings. The summed E-state index contributed by atoms with van der Waals surface area (Å²) in [5.74, 6) is 0.877. The van der Waals surface area contributed by atoms with E-state index in [1.54, 1.807) is 0 Å². The Bertz CT molecular complexity index is 583. The van der Waals surface area contributed by atoms with Crippen LogP contribution in [0.3, 0.4) is 0 Å². The fraction of sp³-hybridized carbons (Fsp3) is 0.333. The molecule has 23 heavy (non-hydrogen) atoms. The molecule has 0 aliphatic heterocycles. The first-order valence-electron chi connectivity index (χ1n) is 7.49. The lowest BCUT2D eigenvalue weighted by molar-refractivity contribution is -0.890. The summed E-state index contributed by atoms with van der Waals surface area (Å²) in [6.45, 7) is 2.77. The van der Waals surface area contributed by atoms with Crippen molar-refractivity contribution in [1.29, 1.82) is 0 Å². The molecule has 2 rings (SSSR count). The second-order valence-electron chi connectivity index (χ2n) is 6.18. The zero-order chi connectivity index (χ0) is 16.0. The summed E-state index contributed by atoms with van der Waals surface area (Å²) in [4.78, 5) is 0. The monoisotopic (exact) mass is 442 g/mol. The molecule has 0 spiro atoms. The zero-order valence-corrected chi connectivity index (χ0v) is 16.8. The maximum absolute atomic E-state index is 5.79. The summed E-state index contributed by atoms with van der Waals surface area (Å²) >= 11 is 3.47. The van der Waals surface area contributed by atoms with Gasteiger partial charge in [0, 0.05) is 16.6 Å². The third-order valence-electron chi connectivity index (χ3n) is 3.76. The Morgan fingerprint density at radius 3 is 2.17 bits per heavy atom. The van der Waals surface area contributed by atoms with Gasteiger partial charge in [0.25, 0.3) is 0 Å². The van der Waals surface area contributed by atoms with Gasteiger partial charge in [-0.25, -0.2) is 0 Å². The van der Waals surface area contributed by atoms with Crippen molar-refractivity contribution < 1.29 is 26.2 Å². The SMILES string of the molecule is C[N+](C)(CCOc1ccc(N)cc1)CCc1ccc(Br)cc1.[Br-]. The molecule has 0 radical (unpaired) electrons. The average molecular weight is 444 g/mol. The van der Waals surface area contributed by atoms with Gasteiger partial charge in [0.15, 0.2) is 0 Å². The van der Waals surface area contributed by atoms with Gasteiger partial charge in [-0.2, -0.15) is 0 Å². The van der Waals surface area contributed by atoms with Crippen LogP contribution in [0.2, 0.25) is 0 Å². The lowest BCUT2D eigenvalue weighted by Gasteiger charge is -2.29. The van der Waals surface area contributed by atoms with Crippen molar-refractivity contribution in [2.24, 2.45) is 0 Å². The van der Waals surface area contributed by atoms with E-state index >= 15 is 0 Å². The Morgan fingerprint density at radius 2 is 1.57 bits per heavy atom. The quantitative estimate of drug-likeness (QED) is 0.505. The number of likely N-dealkylation sites (N-methyl/N-ethyl adjacent to an activating group) is 1. The van der Waals surface area contributed by atoms with Gasteiger partial charge in [-0.3, -0.25) is 0 Å². The van der Waals surface area contributed by atoms with Crippen LogP contribution in [0.4, 0.5) is 5.69 Å². The summed E-state index contributed by atoms with van der Waals surface area (Å²) in [6.07, 6.45) is 1.07. The normalized spacial score (nSPS) is 10.9. The fourth-order valence-corrected chi connectivity index (χ4v) is 2.43. The number of anilines is 1. The molecule has 0 amide bonds. The lowest BCUT2D eigenvalue weighted by Crippen LogP contribution is -3.00. The number of ether oxygens (including phenoxy) is 1. The number of hydrogen-bond acceptors (Lipinski definition) is 2. The maximum Gasteiger partial charge on any atom is 0.137 e. The molecule has 2 aromatic carbocycles. The van der Waals surface area contributed by atoms with Crippen molar-refractivity contribution in [2.45, 2.75) is 6.42 Å². The van der Waals surface area contributed by atoms with E-state index in [1.807, 2.05) is 24.3 Å². The summed E-state index contributed by atoms with van der Waals surface area (Å²) in [6, 6.07) is 16.1. The number of nitrogens with two attached hydrogens (primary N) is 1. The Hall–Kier alpha value is -1.04. The Balaban J connectivity index is 0.00000264. The van der Waals surface area contributed by atoms with Crippen LogP contribution in [0, 0.1) is 0 Å². The van der Waals surface area contributed by atoms with Crippen molar-refractivity contribution >= 4 is 21.6 Å². The average Bonchev–Trinajstić information content (AvgIpc) is 2.49. The molecule has 0 bridgehead atoms. The number of benzene rings is 2. The molecular formula is C18H24Br2N2O. The molecule has 0 atom stereocenters. The number of halogens is 2. The van der Waals surface area contributed by atoms with Crippen LogP contribution in [0.1, 0.15) is 5.56 Å². The van der Waals surface area contributed by atoms with E-state index in [9.17, 15) is 0 Å². The molecule has 5 heteroatoms. The van der Waals surface area contributed by atoms with Crippen LogP contribution in [-0.4, -0.2) is 38.3 Å². The van der Waals surface area contributed by atoms with Gasteiger partial charge in [0.2, 0.25) is 0 Å². The number of nitrogen functional groups attached to an aromatic ring is 1. The van der Waals surface area contributed by atoms with Crippen LogP contribution in [0.25, 0.3) is 0 Å². The van der Waals surface area contributed by atoms with Crippen molar-refractivity contribution in [2.75, 3.05) is 39.5 Å². The minimum atomic E-state index is 0. The largest absolute Gasteiger partial charge is 1.00 e. The first kappa shape index (κ1) is 20.0. The zero-order valence-electron chi connectivity index (χ0n) is 13.6. The first-order valence-corrected chi connectivity index (χ1v) is 8.29. The molecule has 2 aromatic rings. The number of quaternary nitrogens is 1. The van der Waals surface area contributed by atoms with Crippen LogP contribution in [0.5, 0.6) is 5.75 Å². The summed E-state index contributed by atoms with van der Waals surface area (Å²) in [5.41, 5.74) is 7.80. The van der Waals surface area contributed by atoms with Crippen LogP contribution < -0.4 is 27.5 Å². The van der Waals surface area contributed by atoms with Crippen LogP contribution >= 0.6 is 15.9 Å². The number of hydrogen-bond donors (Lipinski definition) is 1. The molecular weight excluding hydrogens is 420 g/mol. The van der Waals surface area contributed by atoms with E-state index in [-0.39, 0.29) is 17.0 Å². The van der Waals surface area contributed by atoms with Crippen molar-refractivity contribution in [3.05, 3.63) is 58.6 Å². The summed E-state index contributed by atoms with van der Waals surface area (Å²) in [7, 11) is 4.48. The standard InChI is InChI=1S/C18H24BrN2O.BrH/c1-21(2,12-11-15-3-5-16(19)6-4-15)13-14-22-18-9-7-17(20)8-10-18;/h3-10H,11-14,20H2,1-2H3;1H/q+1;/p-1. The molecule has 0 aliphatic carbocycles. The second-order valence-corrected chi connectivity index (χ2v) is 7.09. The fourth-order valence-electron chi connectivity index (χ4n) is 2.17. The Morgan fingerprint density at radius 1 is 0.957 bits per heavy atom. The van der Waals surface area contributed by atoms with E-state index in [0.717, 1.165) is 39.9 Å². The highest BCUT2D eigenvalue weighted by Crippen LogP contribution is 2.14. The van der Waals surface area contributed by atoms with Gasteiger partial charge in [-0.15, -0.1) is 0 Å². The maximum atomic E-state index is 5.79. The second kappa shape index (κ2) is 9.30. The van der Waals surface area contributed by atoms with E-state index < -0.39 is 0 Å². The molecule has 2 N–H and O–H groups in total. The minimum absolute atomic E-state index is 0. The van der Waals surface area contributed by atoms with Gasteiger partial charge in [-0.05, 0) is 42.0 Å². The number of nitrogens with zero attached hydrogens (tertiary/aromatic N) is 1. The lowest BCUT2D eigenvalue weighted by atomic mass is 10.1. The van der Waals surface area contributed by atoms with Gasteiger partial charge in [0.05, 0.1) is 20.6 Å². The summed E-state index contributed by atoms with van der Waals surface area (Å²) < 4.78 is 7.85. The predicted molar refractivity (Wildman–Crippen MR) is 96.0 cm³/mol. The summed E-state index contributed by atoms with van der Waals surface area (Å²) in [5, 5.41) is 0. The van der Waals surface area contributed by atoms with E-state index in [1.165, 1.54) is 5.56 Å². The first-order chi connectivity index (χ1) is 10.4. The van der Waals surface area contributed by atoms with E-state index in [2.05, 4.69) is 54.3 Å². The van der Waals surface area contributed by atoms with Gasteiger partial charge in [-0.1, -0.05) is 28.1 Å². The molecule has 0 aromatic heterocycles. The molecule has 0 saturated heterocycles. The third-order valence-corrected chi connectivity index (χ3v) is 4.29. The van der Waals surface area contributed by atoms with Crippen LogP contribution in [-0.2, 0) is 6.42 Å². The van der Waals surface area contributed by atoms with E-state index in [0.29, 0.717) is 6.61 Å². The predicted octanol–water partition coefficient (Wildman–Crippen LogP) is 0.733. The van der Waals surface area contributed by atoms with Gasteiger partial charge in [0.1, 0.15) is 18.9 Å². The number of rotatable bonds is 7. The Labute approximate surface area is 157 Å². The van der Waals surface area contributed by atoms with Crippen molar-refractivity contribution in [1.82, 2.24) is 0 Å². The topological polar surface area (TPSA) is 35.2 Å². The highest BCUT2D eigenvalue weighted by molar-refractivity contribution is 9.10. The van der Waals surface area contributed by atoms with Crippen molar-refractivity contribution in [3.63, 3.8) is 0 Å². The smallest absolute Gasteiger partial charge is 0.137 e.